The van der Waals surface area contributed by atoms with Crippen molar-refractivity contribution in [2.24, 2.45) is 0 Å². The SMILES string of the molecule is CCCS(=O)(=O)Cc1cccc(C(F)(F)F)c1. The Morgan fingerprint density at radius 2 is 1.88 bits per heavy atom. The van der Waals surface area contributed by atoms with Crippen molar-refractivity contribution in [3.05, 3.63) is 35.4 Å². The number of halogens is 3. The smallest absolute Gasteiger partial charge is 0.228 e. The molecule has 1 rings (SSSR count). The Morgan fingerprint density at radius 3 is 2.41 bits per heavy atom. The van der Waals surface area contributed by atoms with Gasteiger partial charge < -0.3 is 0 Å². The standard InChI is InChI=1S/C11H13F3O2S/c1-2-6-17(15,16)8-9-4-3-5-10(7-9)11(12,13)14/h3-5,7H,2,6,8H2,1H3. The highest BCUT2D eigenvalue weighted by atomic mass is 32.2. The predicted octanol–water partition coefficient (Wildman–Crippen LogP) is 3.03. The molecule has 0 atom stereocenters. The van der Waals surface area contributed by atoms with Crippen molar-refractivity contribution in [2.45, 2.75) is 25.3 Å². The van der Waals surface area contributed by atoms with Crippen molar-refractivity contribution in [1.82, 2.24) is 0 Å². The first kappa shape index (κ1) is 14.0. The van der Waals surface area contributed by atoms with Gasteiger partial charge in [0.05, 0.1) is 17.1 Å². The topological polar surface area (TPSA) is 34.1 Å². The number of benzene rings is 1. The molecule has 2 nitrogen and oxygen atoms in total. The molecule has 0 spiro atoms. The van der Waals surface area contributed by atoms with Gasteiger partial charge in [-0.2, -0.15) is 13.2 Å². The van der Waals surface area contributed by atoms with Crippen LogP contribution in [0.3, 0.4) is 0 Å². The molecular formula is C11H13F3O2S. The largest absolute Gasteiger partial charge is 0.416 e. The average molecular weight is 266 g/mol. The maximum Gasteiger partial charge on any atom is 0.416 e. The molecule has 1 aromatic carbocycles. The van der Waals surface area contributed by atoms with Gasteiger partial charge in [-0.05, 0) is 18.1 Å². The molecule has 0 aromatic heterocycles. The summed E-state index contributed by atoms with van der Waals surface area (Å²) in [6, 6.07) is 4.42. The van der Waals surface area contributed by atoms with Gasteiger partial charge in [-0.25, -0.2) is 8.42 Å². The summed E-state index contributed by atoms with van der Waals surface area (Å²) in [6.07, 6.45) is -3.98. The molecule has 0 aliphatic heterocycles. The van der Waals surface area contributed by atoms with E-state index in [4.69, 9.17) is 0 Å². The van der Waals surface area contributed by atoms with Crippen LogP contribution in [0.25, 0.3) is 0 Å². The van der Waals surface area contributed by atoms with Crippen LogP contribution in [0.5, 0.6) is 0 Å². The summed E-state index contributed by atoms with van der Waals surface area (Å²) in [6.45, 7) is 1.71. The van der Waals surface area contributed by atoms with Gasteiger partial charge in [0.25, 0.3) is 0 Å². The lowest BCUT2D eigenvalue weighted by Crippen LogP contribution is -2.10. The Bertz CT molecular complexity index is 478. The minimum atomic E-state index is -4.44. The van der Waals surface area contributed by atoms with Crippen molar-refractivity contribution in [3.8, 4) is 0 Å². The molecule has 0 amide bonds. The minimum absolute atomic E-state index is 0.0107. The van der Waals surface area contributed by atoms with Crippen molar-refractivity contribution >= 4 is 9.84 Å². The number of sulfone groups is 1. The lowest BCUT2D eigenvalue weighted by Gasteiger charge is -2.08. The van der Waals surface area contributed by atoms with E-state index < -0.39 is 21.6 Å². The molecule has 0 saturated heterocycles. The third-order valence-corrected chi connectivity index (χ3v) is 3.96. The molecule has 96 valence electrons. The Labute approximate surface area is 98.4 Å². The van der Waals surface area contributed by atoms with E-state index in [-0.39, 0.29) is 17.1 Å². The molecule has 0 bridgehead atoms. The molecule has 0 aliphatic rings. The lowest BCUT2D eigenvalue weighted by atomic mass is 10.1. The van der Waals surface area contributed by atoms with Gasteiger partial charge in [0, 0.05) is 0 Å². The predicted molar refractivity (Wildman–Crippen MR) is 59.2 cm³/mol. The Balaban J connectivity index is 2.94. The second kappa shape index (κ2) is 5.08. The van der Waals surface area contributed by atoms with Gasteiger partial charge in [0.2, 0.25) is 0 Å². The highest BCUT2D eigenvalue weighted by molar-refractivity contribution is 7.90. The second-order valence-corrected chi connectivity index (χ2v) is 5.97. The minimum Gasteiger partial charge on any atom is -0.228 e. The Morgan fingerprint density at radius 1 is 1.24 bits per heavy atom. The van der Waals surface area contributed by atoms with E-state index in [1.165, 1.54) is 12.1 Å². The van der Waals surface area contributed by atoms with Gasteiger partial charge >= 0.3 is 6.18 Å². The zero-order chi connectivity index (χ0) is 13.1. The second-order valence-electron chi connectivity index (χ2n) is 3.79. The van der Waals surface area contributed by atoms with E-state index in [0.717, 1.165) is 12.1 Å². The van der Waals surface area contributed by atoms with Crippen LogP contribution in [0, 0.1) is 0 Å². The molecule has 0 N–H and O–H groups in total. The summed E-state index contributed by atoms with van der Waals surface area (Å²) in [7, 11) is -3.31. The van der Waals surface area contributed by atoms with E-state index in [1.807, 2.05) is 0 Å². The van der Waals surface area contributed by atoms with Crippen LogP contribution >= 0.6 is 0 Å². The first-order chi connectivity index (χ1) is 7.74. The van der Waals surface area contributed by atoms with Gasteiger partial charge in [-0.1, -0.05) is 25.1 Å². The van der Waals surface area contributed by atoms with Crippen LogP contribution < -0.4 is 0 Å². The summed E-state index contributed by atoms with van der Waals surface area (Å²) < 4.78 is 60.2. The van der Waals surface area contributed by atoms with Crippen LogP contribution in [-0.4, -0.2) is 14.2 Å². The average Bonchev–Trinajstić information content (AvgIpc) is 2.15. The fraction of sp³-hybridized carbons (Fsp3) is 0.455. The van der Waals surface area contributed by atoms with Crippen molar-refractivity contribution < 1.29 is 21.6 Å². The van der Waals surface area contributed by atoms with Crippen molar-refractivity contribution in [1.29, 1.82) is 0 Å². The number of alkyl halides is 3. The molecule has 0 aliphatic carbocycles. The van der Waals surface area contributed by atoms with E-state index in [0.29, 0.717) is 6.42 Å². The normalized spacial score (nSPS) is 12.7. The maximum absolute atomic E-state index is 12.4. The van der Waals surface area contributed by atoms with E-state index in [2.05, 4.69) is 0 Å². The third kappa shape index (κ3) is 4.38. The van der Waals surface area contributed by atoms with Gasteiger partial charge in [-0.15, -0.1) is 0 Å². The Hall–Kier alpha value is -1.04. The van der Waals surface area contributed by atoms with Crippen LogP contribution in [0.2, 0.25) is 0 Å². The third-order valence-electron chi connectivity index (χ3n) is 2.16. The fourth-order valence-corrected chi connectivity index (χ4v) is 2.93. The zero-order valence-electron chi connectivity index (χ0n) is 9.29. The highest BCUT2D eigenvalue weighted by Crippen LogP contribution is 2.29. The molecule has 0 unspecified atom stereocenters. The maximum atomic E-state index is 12.4. The molecule has 0 saturated carbocycles. The number of hydrogen-bond acceptors (Lipinski definition) is 2. The summed E-state index contributed by atoms with van der Waals surface area (Å²) in [5, 5.41) is 0. The van der Waals surface area contributed by atoms with Crippen molar-refractivity contribution in [3.63, 3.8) is 0 Å². The van der Waals surface area contributed by atoms with E-state index >= 15 is 0 Å². The summed E-state index contributed by atoms with van der Waals surface area (Å²) in [5.41, 5.74) is -0.644. The van der Waals surface area contributed by atoms with Crippen LogP contribution in [0.4, 0.5) is 13.2 Å². The van der Waals surface area contributed by atoms with Gasteiger partial charge in [0.15, 0.2) is 9.84 Å². The monoisotopic (exact) mass is 266 g/mol. The van der Waals surface area contributed by atoms with E-state index in [1.54, 1.807) is 6.92 Å². The quantitative estimate of drug-likeness (QED) is 0.839. The molecule has 0 heterocycles. The molecule has 0 fully saturated rings. The number of rotatable bonds is 4. The summed E-state index contributed by atoms with van der Waals surface area (Å²) in [5.74, 6) is -0.353. The van der Waals surface area contributed by atoms with E-state index in [9.17, 15) is 21.6 Å². The van der Waals surface area contributed by atoms with Crippen LogP contribution in [0.1, 0.15) is 24.5 Å². The summed E-state index contributed by atoms with van der Waals surface area (Å²) in [4.78, 5) is 0. The Kier molecular flexibility index (Phi) is 4.19. The van der Waals surface area contributed by atoms with Crippen molar-refractivity contribution in [2.75, 3.05) is 5.75 Å². The first-order valence-corrected chi connectivity index (χ1v) is 6.93. The zero-order valence-corrected chi connectivity index (χ0v) is 10.1. The summed E-state index contributed by atoms with van der Waals surface area (Å²) >= 11 is 0. The molecule has 1 aromatic rings. The lowest BCUT2D eigenvalue weighted by molar-refractivity contribution is -0.137. The van der Waals surface area contributed by atoms with Crippen LogP contribution in [0.15, 0.2) is 24.3 Å². The fourth-order valence-electron chi connectivity index (χ4n) is 1.47. The molecule has 17 heavy (non-hydrogen) atoms. The molecule has 6 heteroatoms. The first-order valence-electron chi connectivity index (χ1n) is 5.11. The highest BCUT2D eigenvalue weighted by Gasteiger charge is 2.30. The van der Waals surface area contributed by atoms with Gasteiger partial charge in [-0.3, -0.25) is 0 Å². The molecular weight excluding hydrogens is 253 g/mol. The van der Waals surface area contributed by atoms with Gasteiger partial charge in [0.1, 0.15) is 0 Å². The molecule has 0 radical (unpaired) electrons. The van der Waals surface area contributed by atoms with Crippen LogP contribution in [-0.2, 0) is 21.8 Å². The number of hydrogen-bond donors (Lipinski definition) is 0.